The Labute approximate surface area is 143 Å². The van der Waals surface area contributed by atoms with Crippen LogP contribution in [0.3, 0.4) is 0 Å². The third-order valence-corrected chi connectivity index (χ3v) is 4.46. The van der Waals surface area contributed by atoms with Gasteiger partial charge in [-0.3, -0.25) is 4.79 Å². The van der Waals surface area contributed by atoms with Gasteiger partial charge in [0, 0.05) is 30.7 Å². The molecule has 0 saturated carbocycles. The second-order valence-electron chi connectivity index (χ2n) is 6.40. The van der Waals surface area contributed by atoms with Crippen LogP contribution in [0.2, 0.25) is 0 Å². The number of hydrogen-bond donors (Lipinski definition) is 1. The van der Waals surface area contributed by atoms with Crippen molar-refractivity contribution in [2.45, 2.75) is 25.8 Å². The molecule has 1 aliphatic rings. The van der Waals surface area contributed by atoms with Gasteiger partial charge < -0.3 is 5.32 Å². The largest absolute Gasteiger partial charge is 0.350 e. The second kappa shape index (κ2) is 7.86. The Hall–Kier alpha value is -2.49. The molecule has 4 nitrogen and oxygen atoms in total. The number of aryl methyl sites for hydroxylation is 1. The lowest BCUT2D eigenvalue weighted by Gasteiger charge is -2.07. The minimum Gasteiger partial charge on any atom is -0.350 e. The Kier molecular flexibility index (Phi) is 5.36. The Morgan fingerprint density at radius 2 is 1.79 bits per heavy atom. The third-order valence-electron chi connectivity index (χ3n) is 4.46. The van der Waals surface area contributed by atoms with E-state index in [2.05, 4.69) is 58.7 Å². The maximum Gasteiger partial charge on any atom is 0.220 e. The van der Waals surface area contributed by atoms with Crippen LogP contribution < -0.4 is 14.5 Å². The highest BCUT2D eigenvalue weighted by Crippen LogP contribution is 2.19. The second-order valence-corrected chi connectivity index (χ2v) is 6.40. The number of rotatable bonds is 6. The zero-order valence-electron chi connectivity index (χ0n) is 14.2. The van der Waals surface area contributed by atoms with Gasteiger partial charge in [-0.05, 0) is 29.9 Å². The normalized spacial score (nSPS) is 16.3. The van der Waals surface area contributed by atoms with E-state index in [0.717, 1.165) is 19.4 Å². The van der Waals surface area contributed by atoms with Crippen LogP contribution in [0.25, 0.3) is 11.1 Å². The lowest BCUT2D eigenvalue weighted by atomic mass is 10.1. The van der Waals surface area contributed by atoms with E-state index in [1.54, 1.807) is 0 Å². The fourth-order valence-electron chi connectivity index (χ4n) is 2.99. The van der Waals surface area contributed by atoms with E-state index >= 15 is 0 Å². The maximum atomic E-state index is 11.9. The van der Waals surface area contributed by atoms with Crippen molar-refractivity contribution in [1.29, 1.82) is 0 Å². The smallest absolute Gasteiger partial charge is 0.220 e. The summed E-state index contributed by atoms with van der Waals surface area (Å²) in [7, 11) is 2.01. The summed E-state index contributed by atoms with van der Waals surface area (Å²) >= 11 is 0. The summed E-state index contributed by atoms with van der Waals surface area (Å²) in [6.07, 6.45) is 15.4. The van der Waals surface area contributed by atoms with Gasteiger partial charge in [0.15, 0.2) is 31.3 Å². The number of hydrogen-bond acceptors (Lipinski definition) is 1. The van der Waals surface area contributed by atoms with Crippen molar-refractivity contribution in [2.24, 2.45) is 13.0 Å². The van der Waals surface area contributed by atoms with E-state index in [-0.39, 0.29) is 5.91 Å². The monoisotopic (exact) mass is 323 g/mol. The van der Waals surface area contributed by atoms with Crippen molar-refractivity contribution >= 4 is 5.91 Å². The lowest BCUT2D eigenvalue weighted by molar-refractivity contribution is -0.694. The Balaban J connectivity index is 1.46. The van der Waals surface area contributed by atoms with Crippen LogP contribution in [0.4, 0.5) is 0 Å². The summed E-state index contributed by atoms with van der Waals surface area (Å²) in [6, 6.07) is 8.44. The van der Waals surface area contributed by atoms with E-state index in [1.807, 2.05) is 24.0 Å². The zero-order valence-corrected chi connectivity index (χ0v) is 14.2. The first-order valence-electron chi connectivity index (χ1n) is 8.59. The van der Waals surface area contributed by atoms with Gasteiger partial charge in [0.1, 0.15) is 7.05 Å². The molecule has 4 heteroatoms. The summed E-state index contributed by atoms with van der Waals surface area (Å²) in [6.45, 7) is 1.46. The van der Waals surface area contributed by atoms with Crippen LogP contribution in [-0.4, -0.2) is 12.5 Å². The number of pyridine rings is 2. The number of aromatic nitrogens is 2. The molecule has 1 atom stereocenters. The van der Waals surface area contributed by atoms with E-state index < -0.39 is 0 Å². The Bertz CT molecular complexity index is 705. The van der Waals surface area contributed by atoms with E-state index in [0.29, 0.717) is 18.9 Å². The van der Waals surface area contributed by atoms with Crippen LogP contribution >= 0.6 is 0 Å². The lowest BCUT2D eigenvalue weighted by Crippen LogP contribution is -2.40. The van der Waals surface area contributed by atoms with Gasteiger partial charge in [-0.2, -0.15) is 0 Å². The van der Waals surface area contributed by atoms with Crippen LogP contribution in [0, 0.1) is 5.92 Å². The highest BCUT2D eigenvalue weighted by Gasteiger charge is 2.14. The summed E-state index contributed by atoms with van der Waals surface area (Å²) in [4.78, 5) is 11.9. The number of allylic oxidation sites excluding steroid dienone is 2. The molecule has 2 aromatic rings. The summed E-state index contributed by atoms with van der Waals surface area (Å²) in [5.41, 5.74) is 2.40. The predicted octanol–water partition coefficient (Wildman–Crippen LogP) is 1.94. The van der Waals surface area contributed by atoms with Crippen molar-refractivity contribution in [3.8, 4) is 11.1 Å². The van der Waals surface area contributed by atoms with E-state index in [4.69, 9.17) is 0 Å². The molecule has 24 heavy (non-hydrogen) atoms. The van der Waals surface area contributed by atoms with Gasteiger partial charge in [0.05, 0.1) is 6.54 Å². The summed E-state index contributed by atoms with van der Waals surface area (Å²) in [5, 5.41) is 3.01. The minimum atomic E-state index is 0.154. The van der Waals surface area contributed by atoms with Gasteiger partial charge in [-0.1, -0.05) is 12.2 Å². The summed E-state index contributed by atoms with van der Waals surface area (Å²) in [5.74, 6) is 0.588. The SMILES string of the molecule is C[n+]1ccc(-c2cc[n+](CCNC(=O)C[C@@H]3C=CCC3)cc2)cc1. The van der Waals surface area contributed by atoms with Crippen LogP contribution in [-0.2, 0) is 18.4 Å². The molecule has 0 aromatic carbocycles. The number of amides is 1. The fourth-order valence-corrected chi connectivity index (χ4v) is 2.99. The Morgan fingerprint density at radius 3 is 2.42 bits per heavy atom. The number of nitrogens with zero attached hydrogens (tertiary/aromatic N) is 2. The molecular weight excluding hydrogens is 298 g/mol. The van der Waals surface area contributed by atoms with Gasteiger partial charge in [0.25, 0.3) is 0 Å². The first kappa shape index (κ1) is 16.4. The molecule has 124 valence electrons. The molecule has 0 saturated heterocycles. The van der Waals surface area contributed by atoms with Crippen LogP contribution in [0.15, 0.2) is 61.2 Å². The van der Waals surface area contributed by atoms with Gasteiger partial charge in [-0.15, -0.1) is 0 Å². The van der Waals surface area contributed by atoms with Crippen molar-refractivity contribution in [3.63, 3.8) is 0 Å². The van der Waals surface area contributed by atoms with E-state index in [1.165, 1.54) is 11.1 Å². The molecule has 0 spiro atoms. The molecule has 0 bridgehead atoms. The maximum absolute atomic E-state index is 11.9. The predicted molar refractivity (Wildman–Crippen MR) is 92.7 cm³/mol. The topological polar surface area (TPSA) is 36.9 Å². The number of carbonyl (C=O) groups is 1. The van der Waals surface area contributed by atoms with E-state index in [9.17, 15) is 4.79 Å². The zero-order chi connectivity index (χ0) is 16.8. The molecule has 3 rings (SSSR count). The van der Waals surface area contributed by atoms with Crippen molar-refractivity contribution in [1.82, 2.24) is 5.32 Å². The molecule has 1 aliphatic carbocycles. The highest BCUT2D eigenvalue weighted by molar-refractivity contribution is 5.76. The molecule has 0 fully saturated rings. The molecule has 1 amide bonds. The van der Waals surface area contributed by atoms with Crippen molar-refractivity contribution < 1.29 is 13.9 Å². The number of carbonyl (C=O) groups excluding carboxylic acids is 1. The minimum absolute atomic E-state index is 0.154. The summed E-state index contributed by atoms with van der Waals surface area (Å²) < 4.78 is 4.12. The highest BCUT2D eigenvalue weighted by atomic mass is 16.1. The van der Waals surface area contributed by atoms with Crippen LogP contribution in [0.1, 0.15) is 19.3 Å². The quantitative estimate of drug-likeness (QED) is 0.640. The van der Waals surface area contributed by atoms with Crippen molar-refractivity contribution in [2.75, 3.05) is 6.54 Å². The van der Waals surface area contributed by atoms with Gasteiger partial charge in [-0.25, -0.2) is 9.13 Å². The van der Waals surface area contributed by atoms with Crippen LogP contribution in [0.5, 0.6) is 0 Å². The molecule has 0 aliphatic heterocycles. The number of nitrogens with one attached hydrogen (secondary N) is 1. The molecular formula is C20H25N3O+2. The van der Waals surface area contributed by atoms with Crippen molar-refractivity contribution in [3.05, 3.63) is 61.2 Å². The molecule has 2 heterocycles. The first-order chi connectivity index (χ1) is 11.7. The third kappa shape index (κ3) is 4.51. The van der Waals surface area contributed by atoms with Gasteiger partial charge >= 0.3 is 0 Å². The van der Waals surface area contributed by atoms with Gasteiger partial charge in [0.2, 0.25) is 5.91 Å². The standard InChI is InChI=1S/C20H24N3O/c1-22-11-6-18(7-12-22)19-8-13-23(14-9-19)15-10-21-20(24)16-17-4-2-3-5-17/h2,4,6-9,11-14,17H,3,5,10,15-16H2,1H3/q+1/p+1/t17-/m1/s1. The molecule has 0 radical (unpaired) electrons. The molecule has 0 unspecified atom stereocenters. The first-order valence-corrected chi connectivity index (χ1v) is 8.59. The molecule has 2 aromatic heterocycles. The average Bonchev–Trinajstić information content (AvgIpc) is 3.09. The Morgan fingerprint density at radius 1 is 1.12 bits per heavy atom. The fraction of sp³-hybridized carbons (Fsp3) is 0.350. The average molecular weight is 323 g/mol. The molecule has 1 N–H and O–H groups in total.